The second-order valence-corrected chi connectivity index (χ2v) is 10.1. The number of benzene rings is 2. The van der Waals surface area contributed by atoms with Gasteiger partial charge in [-0.25, -0.2) is 13.9 Å². The first-order valence-electron chi connectivity index (χ1n) is 13.0. The lowest BCUT2D eigenvalue weighted by Crippen LogP contribution is -2.29. The fourth-order valence-electron chi connectivity index (χ4n) is 5.62. The molecule has 0 spiro atoms. The molecule has 0 atom stereocenters. The van der Waals surface area contributed by atoms with Gasteiger partial charge in [-0.2, -0.15) is 5.10 Å². The van der Waals surface area contributed by atoms with E-state index in [1.807, 2.05) is 28.8 Å². The molecule has 6 rings (SSSR count). The summed E-state index contributed by atoms with van der Waals surface area (Å²) in [5.41, 5.74) is 16.1. The summed E-state index contributed by atoms with van der Waals surface area (Å²) in [7, 11) is 0. The molecule has 10 heteroatoms. The molecule has 1 aliphatic carbocycles. The van der Waals surface area contributed by atoms with Crippen LogP contribution in [0.25, 0.3) is 33.5 Å². The van der Waals surface area contributed by atoms with Gasteiger partial charge in [-0.15, -0.1) is 0 Å². The van der Waals surface area contributed by atoms with E-state index >= 15 is 0 Å². The average Bonchev–Trinajstić information content (AvgIpc) is 3.35. The Bertz CT molecular complexity index is 1790. The van der Waals surface area contributed by atoms with Gasteiger partial charge in [0.25, 0.3) is 11.5 Å². The average molecular weight is 539 g/mol. The van der Waals surface area contributed by atoms with Gasteiger partial charge >= 0.3 is 0 Å². The first-order valence-corrected chi connectivity index (χ1v) is 13.0. The van der Waals surface area contributed by atoms with Crippen LogP contribution < -0.4 is 17.0 Å². The molecule has 40 heavy (non-hydrogen) atoms. The molecule has 3 heterocycles. The van der Waals surface area contributed by atoms with Gasteiger partial charge < -0.3 is 16.6 Å². The lowest BCUT2D eigenvalue weighted by Gasteiger charge is -2.24. The number of fused-ring (bicyclic) bond motifs is 1. The summed E-state index contributed by atoms with van der Waals surface area (Å²) >= 11 is 0. The SMILES string of the molecule is NC(=O)c1c(-c2ccc(-c3cc(C4CCC(O)CC4)n4ncnc(N)c34)cc2)ccn(-c2ccc(F)cc2)c1=O. The zero-order chi connectivity index (χ0) is 28.0. The minimum absolute atomic E-state index is 0.159. The Hall–Kier alpha value is -4.83. The summed E-state index contributed by atoms with van der Waals surface area (Å²) in [4.78, 5) is 29.9. The highest BCUT2D eigenvalue weighted by atomic mass is 19.1. The zero-order valence-electron chi connectivity index (χ0n) is 21.5. The van der Waals surface area contributed by atoms with Crippen molar-refractivity contribution in [3.63, 3.8) is 0 Å². The number of aliphatic hydroxyl groups is 1. The molecule has 0 aliphatic heterocycles. The van der Waals surface area contributed by atoms with E-state index in [0.717, 1.165) is 42.5 Å². The molecule has 5 N–H and O–H groups in total. The summed E-state index contributed by atoms with van der Waals surface area (Å²) in [5.74, 6) is -0.690. The van der Waals surface area contributed by atoms with Crippen molar-refractivity contribution in [1.29, 1.82) is 0 Å². The number of pyridine rings is 1. The number of aliphatic hydroxyl groups excluding tert-OH is 1. The number of nitrogens with zero attached hydrogens (tertiary/aromatic N) is 4. The zero-order valence-corrected chi connectivity index (χ0v) is 21.5. The van der Waals surface area contributed by atoms with Crippen molar-refractivity contribution in [2.24, 2.45) is 5.73 Å². The second kappa shape index (κ2) is 10.0. The molecule has 0 bridgehead atoms. The summed E-state index contributed by atoms with van der Waals surface area (Å²) in [6.07, 6.45) is 5.91. The van der Waals surface area contributed by atoms with Crippen LogP contribution in [0.2, 0.25) is 0 Å². The van der Waals surface area contributed by atoms with Crippen LogP contribution in [0, 0.1) is 5.82 Å². The first-order chi connectivity index (χ1) is 19.3. The standard InChI is InChI=1S/C30H27FN6O3/c31-20-7-9-21(10-8-20)36-14-13-23(26(29(33)39)30(36)40)17-1-3-18(4-2-17)24-15-25(19-5-11-22(38)12-6-19)37-27(24)28(32)34-16-35-37/h1-4,7-10,13-16,19,22,38H,5-6,11-12H2,(H2,33,39)(H2,32,34,35). The van der Waals surface area contributed by atoms with Crippen molar-refractivity contribution in [2.75, 3.05) is 5.73 Å². The second-order valence-electron chi connectivity index (χ2n) is 10.1. The van der Waals surface area contributed by atoms with E-state index in [4.69, 9.17) is 11.5 Å². The van der Waals surface area contributed by atoms with Crippen molar-refractivity contribution in [3.05, 3.63) is 101 Å². The van der Waals surface area contributed by atoms with Gasteiger partial charge in [-0.05, 0) is 73.2 Å². The van der Waals surface area contributed by atoms with Crippen molar-refractivity contribution < 1.29 is 14.3 Å². The number of carbonyl (C=O) groups excluding carboxylic acids is 1. The first kappa shape index (κ1) is 25.4. The Kier molecular flexibility index (Phi) is 6.39. The normalized spacial score (nSPS) is 17.2. The maximum Gasteiger partial charge on any atom is 0.268 e. The van der Waals surface area contributed by atoms with Crippen LogP contribution in [0.3, 0.4) is 0 Å². The van der Waals surface area contributed by atoms with Gasteiger partial charge in [0.1, 0.15) is 23.2 Å². The molecule has 1 amide bonds. The maximum atomic E-state index is 13.4. The topological polar surface area (TPSA) is 142 Å². The van der Waals surface area contributed by atoms with Crippen LogP contribution in [0.5, 0.6) is 0 Å². The highest BCUT2D eigenvalue weighted by Crippen LogP contribution is 2.39. The van der Waals surface area contributed by atoms with E-state index in [1.54, 1.807) is 6.07 Å². The maximum absolute atomic E-state index is 13.4. The summed E-state index contributed by atoms with van der Waals surface area (Å²) < 4.78 is 16.5. The number of halogens is 1. The Morgan fingerprint density at radius 2 is 1.60 bits per heavy atom. The van der Waals surface area contributed by atoms with Gasteiger partial charge in [0.2, 0.25) is 0 Å². The number of hydrogen-bond acceptors (Lipinski definition) is 6. The van der Waals surface area contributed by atoms with Crippen LogP contribution in [0.4, 0.5) is 10.2 Å². The minimum Gasteiger partial charge on any atom is -0.393 e. The molecule has 3 aromatic heterocycles. The molecule has 1 aliphatic rings. The lowest BCUT2D eigenvalue weighted by atomic mass is 9.85. The number of rotatable bonds is 5. The van der Waals surface area contributed by atoms with Crippen LogP contribution >= 0.6 is 0 Å². The minimum atomic E-state index is -0.855. The fourth-order valence-corrected chi connectivity index (χ4v) is 5.62. The quantitative estimate of drug-likeness (QED) is 0.308. The summed E-state index contributed by atoms with van der Waals surface area (Å²) in [5, 5.41) is 14.5. The van der Waals surface area contributed by atoms with Gasteiger partial charge in [0.05, 0.1) is 6.10 Å². The van der Waals surface area contributed by atoms with E-state index in [-0.39, 0.29) is 17.6 Å². The highest BCUT2D eigenvalue weighted by molar-refractivity contribution is 5.99. The predicted octanol–water partition coefficient (Wildman–Crippen LogP) is 4.05. The molecule has 202 valence electrons. The fraction of sp³-hybridized carbons (Fsp3) is 0.200. The molecule has 5 aromatic rings. The molecule has 0 saturated heterocycles. The number of nitrogen functional groups attached to an aromatic ring is 1. The Morgan fingerprint density at radius 1 is 0.950 bits per heavy atom. The number of nitrogens with two attached hydrogens (primary N) is 2. The third kappa shape index (κ3) is 4.42. The number of hydrogen-bond donors (Lipinski definition) is 3. The van der Waals surface area contributed by atoms with Crippen LogP contribution in [0.15, 0.2) is 78.0 Å². The van der Waals surface area contributed by atoms with E-state index in [1.165, 1.54) is 41.4 Å². The van der Waals surface area contributed by atoms with Crippen molar-refractivity contribution >= 4 is 17.2 Å². The van der Waals surface area contributed by atoms with Crippen molar-refractivity contribution in [1.82, 2.24) is 19.2 Å². The van der Waals surface area contributed by atoms with E-state index in [9.17, 15) is 19.1 Å². The van der Waals surface area contributed by atoms with E-state index in [2.05, 4.69) is 16.1 Å². The van der Waals surface area contributed by atoms with E-state index < -0.39 is 17.3 Å². The third-order valence-corrected chi connectivity index (χ3v) is 7.68. The number of anilines is 1. The molecule has 1 saturated carbocycles. The van der Waals surface area contributed by atoms with Gasteiger partial charge in [-0.1, -0.05) is 24.3 Å². The lowest BCUT2D eigenvalue weighted by molar-refractivity contribution is 0.0999. The van der Waals surface area contributed by atoms with E-state index in [0.29, 0.717) is 28.1 Å². The number of carbonyl (C=O) groups is 1. The van der Waals surface area contributed by atoms with Crippen LogP contribution in [-0.2, 0) is 0 Å². The number of amides is 1. The monoisotopic (exact) mass is 538 g/mol. The molecule has 1 fully saturated rings. The number of primary amides is 1. The largest absolute Gasteiger partial charge is 0.393 e. The number of aromatic nitrogens is 4. The molecular weight excluding hydrogens is 511 g/mol. The smallest absolute Gasteiger partial charge is 0.268 e. The van der Waals surface area contributed by atoms with Crippen LogP contribution in [0.1, 0.15) is 47.7 Å². The summed E-state index contributed by atoms with van der Waals surface area (Å²) in [6, 6.07) is 16.5. The van der Waals surface area contributed by atoms with Crippen molar-refractivity contribution in [3.8, 4) is 27.9 Å². The molecule has 0 unspecified atom stereocenters. The molecular formula is C30H27FN6O3. The Balaban J connectivity index is 1.41. The predicted molar refractivity (Wildman–Crippen MR) is 150 cm³/mol. The summed E-state index contributed by atoms with van der Waals surface area (Å²) in [6.45, 7) is 0. The third-order valence-electron chi connectivity index (χ3n) is 7.68. The van der Waals surface area contributed by atoms with Crippen molar-refractivity contribution in [2.45, 2.75) is 37.7 Å². The molecule has 2 aromatic carbocycles. The molecule has 0 radical (unpaired) electrons. The van der Waals surface area contributed by atoms with Gasteiger partial charge in [0.15, 0.2) is 5.82 Å². The Morgan fingerprint density at radius 3 is 2.25 bits per heavy atom. The Labute approximate surface area is 228 Å². The van der Waals surface area contributed by atoms with Gasteiger partial charge in [-0.3, -0.25) is 14.2 Å². The molecule has 9 nitrogen and oxygen atoms in total. The van der Waals surface area contributed by atoms with Gasteiger partial charge in [0, 0.05) is 34.6 Å². The highest BCUT2D eigenvalue weighted by Gasteiger charge is 2.26. The van der Waals surface area contributed by atoms with Crippen LogP contribution in [-0.4, -0.2) is 36.3 Å².